The predicted octanol–water partition coefficient (Wildman–Crippen LogP) is 6.75. The molecule has 1 saturated heterocycles. The Morgan fingerprint density at radius 2 is 1.79 bits per heavy atom. The van der Waals surface area contributed by atoms with Crippen molar-refractivity contribution in [2.24, 2.45) is 23.2 Å². The van der Waals surface area contributed by atoms with Crippen LogP contribution in [0.5, 0.6) is 0 Å². The Kier molecular flexibility index (Phi) is 6.63. The van der Waals surface area contributed by atoms with Gasteiger partial charge in [-0.2, -0.15) is 0 Å². The molecule has 166 valence electrons. The molecule has 0 unspecified atom stereocenters. The molecule has 3 fully saturated rings. The number of hydrogen-bond acceptors (Lipinski definition) is 3. The van der Waals surface area contributed by atoms with Crippen LogP contribution in [0, 0.1) is 23.2 Å². The quantitative estimate of drug-likeness (QED) is 0.310. The van der Waals surface area contributed by atoms with E-state index in [1.54, 1.807) is 9.98 Å². The van der Waals surface area contributed by atoms with Gasteiger partial charge >= 0.3 is 183 Å². The van der Waals surface area contributed by atoms with Crippen molar-refractivity contribution in [1.29, 1.82) is 0 Å². The molecule has 0 bridgehead atoms. The Hall–Kier alpha value is -0.0403. The molecule has 2 aliphatic carbocycles. The zero-order valence-corrected chi connectivity index (χ0v) is 23.3. The van der Waals surface area contributed by atoms with E-state index < -0.39 is 21.6 Å². The zero-order valence-electron chi connectivity index (χ0n) is 20.2. The van der Waals surface area contributed by atoms with Crippen LogP contribution in [0.1, 0.15) is 46.0 Å². The molecule has 29 heavy (non-hydrogen) atoms. The summed E-state index contributed by atoms with van der Waals surface area (Å²) in [5.41, 5.74) is 1.68. The third-order valence-electron chi connectivity index (χ3n) is 7.05. The molecule has 3 rings (SSSR count). The number of rotatable bonds is 6. The first-order valence-corrected chi connectivity index (χ1v) is 22.3. The van der Waals surface area contributed by atoms with E-state index in [1.165, 1.54) is 12.8 Å². The van der Waals surface area contributed by atoms with Gasteiger partial charge in [-0.05, 0) is 0 Å². The van der Waals surface area contributed by atoms with Gasteiger partial charge in [0.15, 0.2) is 0 Å². The van der Waals surface area contributed by atoms with Crippen LogP contribution in [0.15, 0.2) is 22.8 Å². The van der Waals surface area contributed by atoms with E-state index in [-0.39, 0.29) is 11.2 Å². The predicted molar refractivity (Wildman–Crippen MR) is 127 cm³/mol. The molecule has 0 N–H and O–H groups in total. The second kappa shape index (κ2) is 8.14. The molecular weight excluding hydrogens is 437 g/mol. The van der Waals surface area contributed by atoms with Crippen LogP contribution in [-0.4, -0.2) is 40.6 Å². The minimum atomic E-state index is -1.79. The minimum absolute atomic E-state index is 0.134. The summed E-state index contributed by atoms with van der Waals surface area (Å²) in [6.07, 6.45) is 7.79. The van der Waals surface area contributed by atoms with Crippen LogP contribution in [0.3, 0.4) is 0 Å². The molecule has 5 heteroatoms. The second-order valence-electron chi connectivity index (χ2n) is 12.6. The van der Waals surface area contributed by atoms with Gasteiger partial charge in [0.05, 0.1) is 0 Å². The maximum absolute atomic E-state index is 6.38. The van der Waals surface area contributed by atoms with Gasteiger partial charge in [-0.15, -0.1) is 0 Å². The number of hydrogen-bond donors (Lipinski definition) is 0. The van der Waals surface area contributed by atoms with E-state index in [2.05, 4.69) is 63.6 Å². The Balaban J connectivity index is 1.73. The molecule has 0 amide bonds. The third-order valence-corrected chi connectivity index (χ3v) is 12.9. The van der Waals surface area contributed by atoms with Gasteiger partial charge in [0.2, 0.25) is 0 Å². The topological polar surface area (TPSA) is 27.7 Å². The van der Waals surface area contributed by atoms with Gasteiger partial charge in [0, 0.05) is 0 Å². The van der Waals surface area contributed by atoms with Crippen molar-refractivity contribution in [2.75, 3.05) is 13.2 Å². The van der Waals surface area contributed by atoms with Crippen LogP contribution < -0.4 is 0 Å². The van der Waals surface area contributed by atoms with Crippen LogP contribution in [0.25, 0.3) is 0 Å². The molecule has 3 aliphatic rings. The number of ether oxygens (including phenoxy) is 2. The van der Waals surface area contributed by atoms with Crippen molar-refractivity contribution in [1.82, 2.24) is 0 Å². The molecular formula is C24H44GeO3Si. The first-order chi connectivity index (χ1) is 13.2. The normalized spacial score (nSPS) is 32.6. The van der Waals surface area contributed by atoms with E-state index in [9.17, 15) is 0 Å². The fourth-order valence-corrected chi connectivity index (χ4v) is 7.43. The summed E-state index contributed by atoms with van der Waals surface area (Å²) in [6, 6.07) is 0. The number of fused-ring (bicyclic) bond motifs is 1. The van der Waals surface area contributed by atoms with Crippen molar-refractivity contribution < 1.29 is 13.9 Å². The molecule has 3 nitrogen and oxygen atoms in total. The van der Waals surface area contributed by atoms with Gasteiger partial charge in [-0.1, -0.05) is 0 Å². The molecule has 1 spiro atoms. The van der Waals surface area contributed by atoms with Crippen molar-refractivity contribution in [2.45, 2.75) is 88.6 Å². The van der Waals surface area contributed by atoms with Crippen molar-refractivity contribution in [3.05, 3.63) is 22.8 Å². The molecule has 0 aromatic carbocycles. The van der Waals surface area contributed by atoms with Gasteiger partial charge in [-0.3, -0.25) is 0 Å². The summed E-state index contributed by atoms with van der Waals surface area (Å²) in [4.78, 5) is 0. The third kappa shape index (κ3) is 5.81. The Morgan fingerprint density at radius 3 is 2.34 bits per heavy atom. The molecule has 2 saturated carbocycles. The van der Waals surface area contributed by atoms with Crippen molar-refractivity contribution in [3.63, 3.8) is 0 Å². The fraction of sp³-hybridized carbons (Fsp3) is 0.833. The first-order valence-electron chi connectivity index (χ1n) is 11.5. The average Bonchev–Trinajstić information content (AvgIpc) is 3.07. The van der Waals surface area contributed by atoms with E-state index >= 15 is 0 Å². The van der Waals surface area contributed by atoms with Gasteiger partial charge in [0.1, 0.15) is 0 Å². The summed E-state index contributed by atoms with van der Waals surface area (Å²) >= 11 is -1.79. The SMILES string of the molecule is C=[C](CC[C@@H]1/C(=C/O[Si](C)(C)C)C[C@H]2CC3(C[C@H]21)OCC(C)(C)CO3)[Ge]([CH3])([CH3])[CH3]. The second-order valence-corrected chi connectivity index (χ2v) is 28.0. The number of allylic oxidation sites excluding steroid dienone is 2. The molecule has 0 aromatic heterocycles. The summed E-state index contributed by atoms with van der Waals surface area (Å²) in [5.74, 6) is 8.98. The summed E-state index contributed by atoms with van der Waals surface area (Å²) < 4.78 is 20.6. The van der Waals surface area contributed by atoms with Crippen LogP contribution in [0.2, 0.25) is 36.9 Å². The summed E-state index contributed by atoms with van der Waals surface area (Å²) in [6.45, 7) is 17.4. The maximum atomic E-state index is 6.38. The van der Waals surface area contributed by atoms with Crippen LogP contribution >= 0.6 is 0 Å². The molecule has 3 atom stereocenters. The Morgan fingerprint density at radius 1 is 1.17 bits per heavy atom. The Bertz CT molecular complexity index is 646. The monoisotopic (exact) mass is 482 g/mol. The summed E-state index contributed by atoms with van der Waals surface area (Å²) in [5, 5.41) is 0. The van der Waals surface area contributed by atoms with E-state index in [0.29, 0.717) is 17.8 Å². The van der Waals surface area contributed by atoms with Crippen LogP contribution in [0.4, 0.5) is 0 Å². The molecule has 0 radical (unpaired) electrons. The van der Waals surface area contributed by atoms with Crippen molar-refractivity contribution >= 4 is 21.6 Å². The van der Waals surface area contributed by atoms with Gasteiger partial charge in [0.25, 0.3) is 0 Å². The van der Waals surface area contributed by atoms with E-state index in [1.807, 2.05) is 0 Å². The molecule has 0 aromatic rings. The van der Waals surface area contributed by atoms with Gasteiger partial charge in [-0.25, -0.2) is 0 Å². The Labute approximate surface area is 183 Å². The standard InChI is InChI=1S/C24H44GeO3Si/c1-18(25(4,5)6)10-11-21-20(15-28-29(7,8)9)12-19-13-24(14-22(19)21)26-16-23(2,3)17-27-24/h15,19,21-22H,1,10-14,16-17H2,2-9H3/b20-15+/t19-,21+,22+/m0/s1. The molecule has 1 heterocycles. The van der Waals surface area contributed by atoms with Crippen molar-refractivity contribution in [3.8, 4) is 0 Å². The van der Waals surface area contributed by atoms with E-state index in [0.717, 1.165) is 32.5 Å². The zero-order chi connectivity index (χ0) is 21.7. The first kappa shape index (κ1) is 23.6. The van der Waals surface area contributed by atoms with Gasteiger partial charge < -0.3 is 0 Å². The van der Waals surface area contributed by atoms with E-state index in [4.69, 9.17) is 13.9 Å². The average molecular weight is 481 g/mol. The summed E-state index contributed by atoms with van der Waals surface area (Å²) in [7, 11) is -1.55. The fourth-order valence-electron chi connectivity index (χ4n) is 5.05. The molecule has 1 aliphatic heterocycles. The van der Waals surface area contributed by atoms with Crippen LogP contribution in [-0.2, 0) is 13.9 Å².